The Kier molecular flexibility index (Phi) is 14.0. The average molecular weight is 560 g/mol. The normalized spacial score (nSPS) is 15.2. The Hall–Kier alpha value is -0.480. The van der Waals surface area contributed by atoms with E-state index in [9.17, 15) is 0 Å². The Morgan fingerprint density at radius 3 is 2.66 bits per heavy atom. The number of benzene rings is 1. The minimum absolute atomic E-state index is 0. The average Bonchev–Trinajstić information content (AvgIpc) is 2.71. The van der Waals surface area contributed by atoms with Gasteiger partial charge in [0.2, 0.25) is 0 Å². The molecule has 0 aliphatic carbocycles. The van der Waals surface area contributed by atoms with E-state index in [2.05, 4.69) is 22.1 Å². The lowest BCUT2D eigenvalue weighted by Gasteiger charge is -2.34. The van der Waals surface area contributed by atoms with Gasteiger partial charge in [0, 0.05) is 40.0 Å². The molecule has 1 aromatic rings. The Balaban J connectivity index is 0.00000420. The van der Waals surface area contributed by atoms with Gasteiger partial charge in [0.15, 0.2) is 5.96 Å². The molecule has 0 atom stereocenters. The van der Waals surface area contributed by atoms with Crippen LogP contribution in [0.15, 0.2) is 23.2 Å². The van der Waals surface area contributed by atoms with E-state index in [0.29, 0.717) is 35.1 Å². The molecule has 1 aromatic carbocycles. The summed E-state index contributed by atoms with van der Waals surface area (Å²) in [7, 11) is 1.72. The largest absolute Gasteiger partial charge is 0.490 e. The van der Waals surface area contributed by atoms with Crippen LogP contribution in [0.3, 0.4) is 0 Å². The van der Waals surface area contributed by atoms with Gasteiger partial charge in [0.25, 0.3) is 0 Å². The van der Waals surface area contributed by atoms with Gasteiger partial charge in [-0.05, 0) is 38.3 Å². The van der Waals surface area contributed by atoms with Crippen LogP contribution in [0, 0.1) is 0 Å². The molecule has 2 rings (SSSR count). The number of likely N-dealkylation sites (tertiary alicyclic amines) is 1. The van der Waals surface area contributed by atoms with Crippen LogP contribution < -0.4 is 10.1 Å². The van der Waals surface area contributed by atoms with E-state index in [1.54, 1.807) is 19.2 Å². The first-order chi connectivity index (χ1) is 13.7. The number of hydrogen-bond acceptors (Lipinski definition) is 4. The van der Waals surface area contributed by atoms with Gasteiger partial charge in [-0.2, -0.15) is 0 Å². The Bertz CT molecular complexity index is 615. The van der Waals surface area contributed by atoms with E-state index < -0.39 is 0 Å². The summed E-state index contributed by atoms with van der Waals surface area (Å²) in [6.07, 6.45) is 3.28. The van der Waals surface area contributed by atoms with Crippen LogP contribution in [0.4, 0.5) is 0 Å². The number of guanidine groups is 1. The summed E-state index contributed by atoms with van der Waals surface area (Å²) in [4.78, 5) is 6.97. The van der Waals surface area contributed by atoms with Gasteiger partial charge >= 0.3 is 0 Å². The van der Waals surface area contributed by atoms with Crippen molar-refractivity contribution >= 4 is 53.1 Å². The van der Waals surface area contributed by atoms with Crippen molar-refractivity contribution in [3.63, 3.8) is 0 Å². The van der Waals surface area contributed by atoms with Crippen LogP contribution in [0.1, 0.15) is 26.2 Å². The Morgan fingerprint density at radius 1 is 1.21 bits per heavy atom. The summed E-state index contributed by atoms with van der Waals surface area (Å²) < 4.78 is 16.7. The van der Waals surface area contributed by atoms with Crippen molar-refractivity contribution in [2.75, 3.05) is 53.1 Å². The molecule has 0 spiro atoms. The van der Waals surface area contributed by atoms with Crippen molar-refractivity contribution in [3.8, 4) is 5.75 Å². The molecule has 0 aromatic heterocycles. The lowest BCUT2D eigenvalue weighted by Crippen LogP contribution is -2.47. The molecule has 1 aliphatic heterocycles. The molecule has 6 nitrogen and oxygen atoms in total. The third-order valence-electron chi connectivity index (χ3n) is 4.45. The molecule has 0 radical (unpaired) electrons. The fourth-order valence-electron chi connectivity index (χ4n) is 3.02. The van der Waals surface area contributed by atoms with E-state index in [-0.39, 0.29) is 24.0 Å². The molecule has 0 saturated carbocycles. The monoisotopic (exact) mass is 559 g/mol. The molecule has 166 valence electrons. The highest BCUT2D eigenvalue weighted by Crippen LogP contribution is 2.31. The molecule has 29 heavy (non-hydrogen) atoms. The van der Waals surface area contributed by atoms with Crippen molar-refractivity contribution in [3.05, 3.63) is 28.2 Å². The first kappa shape index (κ1) is 26.6. The number of halogens is 3. The van der Waals surface area contributed by atoms with Gasteiger partial charge in [-0.3, -0.25) is 0 Å². The summed E-state index contributed by atoms with van der Waals surface area (Å²) in [6.45, 7) is 7.25. The van der Waals surface area contributed by atoms with E-state index in [1.807, 2.05) is 6.07 Å². The second-order valence-electron chi connectivity index (χ2n) is 6.54. The number of nitrogens with zero attached hydrogens (tertiary/aromatic N) is 2. The fraction of sp³-hybridized carbons (Fsp3) is 0.650. The highest BCUT2D eigenvalue weighted by Gasteiger charge is 2.21. The topological polar surface area (TPSA) is 55.3 Å². The van der Waals surface area contributed by atoms with Crippen LogP contribution in [-0.4, -0.2) is 70.1 Å². The van der Waals surface area contributed by atoms with Crippen molar-refractivity contribution in [2.45, 2.75) is 32.3 Å². The summed E-state index contributed by atoms with van der Waals surface area (Å²) in [5.41, 5.74) is 0. The summed E-state index contributed by atoms with van der Waals surface area (Å²) in [5.74, 6) is 1.50. The molecule has 1 heterocycles. The number of ether oxygens (including phenoxy) is 3. The zero-order valence-corrected chi connectivity index (χ0v) is 21.0. The zero-order valence-electron chi connectivity index (χ0n) is 17.2. The number of nitrogens with one attached hydrogen (secondary N) is 1. The fourth-order valence-corrected chi connectivity index (χ4v) is 3.36. The molecular formula is C20H32Cl2IN3O3. The maximum Gasteiger partial charge on any atom is 0.194 e. The number of piperidine rings is 1. The van der Waals surface area contributed by atoms with Crippen molar-refractivity contribution in [1.29, 1.82) is 0 Å². The van der Waals surface area contributed by atoms with E-state index >= 15 is 0 Å². The number of methoxy groups -OCH3 is 1. The van der Waals surface area contributed by atoms with Crippen LogP contribution in [-0.2, 0) is 9.47 Å². The molecule has 0 bridgehead atoms. The van der Waals surface area contributed by atoms with Gasteiger partial charge in [0.05, 0.1) is 17.7 Å². The minimum Gasteiger partial charge on any atom is -0.490 e. The van der Waals surface area contributed by atoms with Gasteiger partial charge < -0.3 is 24.4 Å². The Morgan fingerprint density at radius 2 is 1.97 bits per heavy atom. The standard InChI is InChI=1S/C20H31Cl2N3O3.HI/c1-3-23-20(24-10-15-28-18-7-4-6-17(21)19(18)22)25-11-8-16(9-12-25)27-14-5-13-26-2;/h4,6-7,16H,3,5,8-15H2,1-2H3,(H,23,24);1H. The van der Waals surface area contributed by atoms with E-state index in [1.165, 1.54) is 0 Å². The molecule has 1 fully saturated rings. The van der Waals surface area contributed by atoms with Crippen molar-refractivity contribution in [2.24, 2.45) is 4.99 Å². The number of rotatable bonds is 10. The van der Waals surface area contributed by atoms with Crippen LogP contribution >= 0.6 is 47.2 Å². The molecular weight excluding hydrogens is 528 g/mol. The predicted octanol–water partition coefficient (Wildman–Crippen LogP) is 4.47. The number of hydrogen-bond donors (Lipinski definition) is 1. The second-order valence-corrected chi connectivity index (χ2v) is 7.32. The molecule has 1 saturated heterocycles. The second kappa shape index (κ2) is 15.3. The molecule has 0 unspecified atom stereocenters. The van der Waals surface area contributed by atoms with E-state index in [0.717, 1.165) is 58.1 Å². The third-order valence-corrected chi connectivity index (χ3v) is 5.25. The first-order valence-electron chi connectivity index (χ1n) is 9.86. The van der Waals surface area contributed by atoms with Gasteiger partial charge in [-0.15, -0.1) is 24.0 Å². The van der Waals surface area contributed by atoms with Crippen LogP contribution in [0.25, 0.3) is 0 Å². The molecule has 0 amide bonds. The van der Waals surface area contributed by atoms with Gasteiger partial charge in [-0.25, -0.2) is 4.99 Å². The van der Waals surface area contributed by atoms with E-state index in [4.69, 9.17) is 37.4 Å². The summed E-state index contributed by atoms with van der Waals surface area (Å²) in [5, 5.41) is 4.29. The molecule has 1 N–H and O–H groups in total. The minimum atomic E-state index is 0. The highest BCUT2D eigenvalue weighted by atomic mass is 127. The van der Waals surface area contributed by atoms with Crippen LogP contribution in [0.5, 0.6) is 5.75 Å². The smallest absolute Gasteiger partial charge is 0.194 e. The molecule has 9 heteroatoms. The maximum absolute atomic E-state index is 6.14. The number of aliphatic imine (C=N–C) groups is 1. The van der Waals surface area contributed by atoms with Crippen molar-refractivity contribution < 1.29 is 14.2 Å². The zero-order chi connectivity index (χ0) is 20.2. The third kappa shape index (κ3) is 9.46. The SMILES string of the molecule is CCNC(=NCCOc1cccc(Cl)c1Cl)N1CCC(OCCCOC)CC1.I. The first-order valence-corrected chi connectivity index (χ1v) is 10.6. The van der Waals surface area contributed by atoms with Gasteiger partial charge in [0.1, 0.15) is 17.4 Å². The quantitative estimate of drug-likeness (QED) is 0.198. The van der Waals surface area contributed by atoms with Crippen LogP contribution in [0.2, 0.25) is 10.0 Å². The summed E-state index contributed by atoms with van der Waals surface area (Å²) >= 11 is 12.1. The highest BCUT2D eigenvalue weighted by molar-refractivity contribution is 14.0. The van der Waals surface area contributed by atoms with Crippen molar-refractivity contribution in [1.82, 2.24) is 10.2 Å². The Labute approximate surface area is 201 Å². The van der Waals surface area contributed by atoms with Gasteiger partial charge in [-0.1, -0.05) is 29.3 Å². The predicted molar refractivity (Wildman–Crippen MR) is 130 cm³/mol. The lowest BCUT2D eigenvalue weighted by molar-refractivity contribution is 0.00990. The lowest BCUT2D eigenvalue weighted by atomic mass is 10.1. The molecule has 1 aliphatic rings. The maximum atomic E-state index is 6.14. The summed E-state index contributed by atoms with van der Waals surface area (Å²) in [6, 6.07) is 5.36.